The van der Waals surface area contributed by atoms with Gasteiger partial charge in [0.15, 0.2) is 5.57 Å². The summed E-state index contributed by atoms with van der Waals surface area (Å²) in [6, 6.07) is 7.14. The third-order valence-corrected chi connectivity index (χ3v) is 2.85. The van der Waals surface area contributed by atoms with Crippen LogP contribution in [-0.4, -0.2) is 24.3 Å². The number of esters is 2. The first kappa shape index (κ1) is 16.6. The number of hydrogen-bond acceptors (Lipinski definition) is 6. The summed E-state index contributed by atoms with van der Waals surface area (Å²) in [4.78, 5) is 23.7. The molecule has 1 aromatic carbocycles. The smallest absolute Gasteiger partial charge is 0.350 e. The highest BCUT2D eigenvalue weighted by molar-refractivity contribution is 6.15. The van der Waals surface area contributed by atoms with E-state index in [2.05, 4.69) is 11.9 Å². The van der Waals surface area contributed by atoms with Crippen LogP contribution in [-0.2, 0) is 19.1 Å². The first-order chi connectivity index (χ1) is 10.8. The molecule has 0 saturated carbocycles. The van der Waals surface area contributed by atoms with Crippen molar-refractivity contribution in [1.29, 1.82) is 0 Å². The summed E-state index contributed by atoms with van der Waals surface area (Å²) in [5.41, 5.74) is 1.27. The Labute approximate surface area is 134 Å². The molecule has 23 heavy (non-hydrogen) atoms. The van der Waals surface area contributed by atoms with E-state index < -0.39 is 17.7 Å². The Morgan fingerprint density at radius 1 is 1.26 bits per heavy atom. The number of hydrogen-bond donors (Lipinski definition) is 1. The lowest BCUT2D eigenvalue weighted by molar-refractivity contribution is -0.222. The summed E-state index contributed by atoms with van der Waals surface area (Å²) < 4.78 is 15.6. The first-order valence-electron chi connectivity index (χ1n) is 7.08. The number of benzene rings is 1. The van der Waals surface area contributed by atoms with Gasteiger partial charge in [0, 0.05) is 20.0 Å². The summed E-state index contributed by atoms with van der Waals surface area (Å²) >= 11 is 0. The van der Waals surface area contributed by atoms with E-state index in [1.165, 1.54) is 20.0 Å². The summed E-state index contributed by atoms with van der Waals surface area (Å²) in [5, 5.41) is 2.88. The van der Waals surface area contributed by atoms with Gasteiger partial charge in [-0.05, 0) is 24.6 Å². The Bertz CT molecular complexity index is 653. The quantitative estimate of drug-likeness (QED) is 0.389. The van der Waals surface area contributed by atoms with Crippen LogP contribution in [0.5, 0.6) is 5.75 Å². The number of carbonyl (C=O) groups is 2. The molecule has 1 N–H and O–H groups in total. The van der Waals surface area contributed by atoms with Gasteiger partial charge in [-0.3, -0.25) is 0 Å². The summed E-state index contributed by atoms with van der Waals surface area (Å²) in [6.45, 7) is 8.98. The largest absolute Gasteiger partial charge is 0.487 e. The van der Waals surface area contributed by atoms with Crippen molar-refractivity contribution in [3.8, 4) is 5.75 Å². The summed E-state index contributed by atoms with van der Waals surface area (Å²) in [5.74, 6) is -2.16. The molecule has 0 amide bonds. The van der Waals surface area contributed by atoms with E-state index in [9.17, 15) is 9.59 Å². The van der Waals surface area contributed by atoms with Crippen LogP contribution in [0, 0.1) is 0 Å². The van der Waals surface area contributed by atoms with Crippen molar-refractivity contribution in [1.82, 2.24) is 0 Å². The van der Waals surface area contributed by atoms with Gasteiger partial charge in [0.25, 0.3) is 5.79 Å². The lowest BCUT2D eigenvalue weighted by Gasteiger charge is -2.29. The molecule has 0 aromatic heterocycles. The zero-order valence-electron chi connectivity index (χ0n) is 13.3. The van der Waals surface area contributed by atoms with Crippen LogP contribution in [0.25, 0.3) is 0 Å². The summed E-state index contributed by atoms with van der Waals surface area (Å²) in [7, 11) is 0. The van der Waals surface area contributed by atoms with Gasteiger partial charge in [-0.1, -0.05) is 18.7 Å². The van der Waals surface area contributed by atoms with E-state index >= 15 is 0 Å². The minimum Gasteiger partial charge on any atom is -0.487 e. The van der Waals surface area contributed by atoms with Gasteiger partial charge < -0.3 is 19.5 Å². The molecule has 1 saturated heterocycles. The van der Waals surface area contributed by atoms with E-state index in [-0.39, 0.29) is 5.57 Å². The summed E-state index contributed by atoms with van der Waals surface area (Å²) in [6.07, 6.45) is 1.25. The molecule has 1 aliphatic heterocycles. The fourth-order valence-electron chi connectivity index (χ4n) is 1.84. The molecule has 0 radical (unpaired) electrons. The van der Waals surface area contributed by atoms with Crippen molar-refractivity contribution in [2.24, 2.45) is 0 Å². The Balaban J connectivity index is 2.15. The molecule has 1 aliphatic rings. The molecule has 6 heteroatoms. The van der Waals surface area contributed by atoms with Crippen molar-refractivity contribution in [2.75, 3.05) is 11.9 Å². The Kier molecular flexibility index (Phi) is 4.74. The van der Waals surface area contributed by atoms with Gasteiger partial charge in [0.1, 0.15) is 12.4 Å². The fourth-order valence-corrected chi connectivity index (χ4v) is 1.84. The predicted octanol–water partition coefficient (Wildman–Crippen LogP) is 2.77. The van der Waals surface area contributed by atoms with Gasteiger partial charge >= 0.3 is 11.9 Å². The molecular formula is C17H19NO5. The minimum atomic E-state index is -1.26. The van der Waals surface area contributed by atoms with Crippen molar-refractivity contribution in [3.05, 3.63) is 48.2 Å². The van der Waals surface area contributed by atoms with Gasteiger partial charge in [-0.25, -0.2) is 9.59 Å². The van der Waals surface area contributed by atoms with Crippen LogP contribution in [0.1, 0.15) is 20.8 Å². The Hall–Kier alpha value is -2.76. The maximum Gasteiger partial charge on any atom is 0.350 e. The molecule has 122 valence electrons. The van der Waals surface area contributed by atoms with Crippen LogP contribution in [0.3, 0.4) is 0 Å². The van der Waals surface area contributed by atoms with E-state index in [0.717, 1.165) is 5.57 Å². The minimum absolute atomic E-state index is 0.209. The van der Waals surface area contributed by atoms with E-state index in [0.29, 0.717) is 18.0 Å². The molecule has 0 aliphatic carbocycles. The van der Waals surface area contributed by atoms with Gasteiger partial charge in [0.2, 0.25) is 0 Å². The number of rotatable bonds is 5. The lowest BCUT2D eigenvalue weighted by atomic mass is 10.2. The molecule has 1 aromatic rings. The maximum absolute atomic E-state index is 11.9. The van der Waals surface area contributed by atoms with Gasteiger partial charge in [0.05, 0.1) is 5.69 Å². The van der Waals surface area contributed by atoms with Crippen molar-refractivity contribution in [2.45, 2.75) is 26.6 Å². The van der Waals surface area contributed by atoms with Crippen LogP contribution in [0.15, 0.2) is 48.2 Å². The SMILES string of the molecule is C=C(C)COc1ccccc1NC=C1C(=O)OC(C)(C)OC1=O. The number of cyclic esters (lactones) is 2. The molecule has 1 fully saturated rings. The number of para-hydroxylation sites is 2. The first-order valence-corrected chi connectivity index (χ1v) is 7.08. The second kappa shape index (κ2) is 6.56. The topological polar surface area (TPSA) is 73.9 Å². The van der Waals surface area contributed by atoms with Gasteiger partial charge in [-0.15, -0.1) is 0 Å². The maximum atomic E-state index is 11.9. The van der Waals surface area contributed by atoms with E-state index in [4.69, 9.17) is 14.2 Å². The zero-order valence-corrected chi connectivity index (χ0v) is 13.3. The molecule has 0 spiro atoms. The molecule has 2 rings (SSSR count). The molecule has 1 heterocycles. The number of nitrogens with one attached hydrogen (secondary N) is 1. The second-order valence-corrected chi connectivity index (χ2v) is 5.62. The Morgan fingerprint density at radius 2 is 1.87 bits per heavy atom. The number of carbonyl (C=O) groups excluding carboxylic acids is 2. The third-order valence-electron chi connectivity index (χ3n) is 2.85. The van der Waals surface area contributed by atoms with E-state index in [1.807, 2.05) is 13.0 Å². The van der Waals surface area contributed by atoms with Crippen molar-refractivity contribution < 1.29 is 23.8 Å². The van der Waals surface area contributed by atoms with Crippen molar-refractivity contribution >= 4 is 17.6 Å². The van der Waals surface area contributed by atoms with E-state index in [1.54, 1.807) is 18.2 Å². The highest BCUT2D eigenvalue weighted by Gasteiger charge is 2.38. The third kappa shape index (κ3) is 4.35. The highest BCUT2D eigenvalue weighted by Crippen LogP contribution is 2.26. The number of anilines is 1. The second-order valence-electron chi connectivity index (χ2n) is 5.62. The highest BCUT2D eigenvalue weighted by atomic mass is 16.7. The van der Waals surface area contributed by atoms with Crippen LogP contribution in [0.4, 0.5) is 5.69 Å². The van der Waals surface area contributed by atoms with Crippen LogP contribution >= 0.6 is 0 Å². The molecule has 0 atom stereocenters. The number of ether oxygens (including phenoxy) is 3. The molecular weight excluding hydrogens is 298 g/mol. The van der Waals surface area contributed by atoms with Crippen LogP contribution < -0.4 is 10.1 Å². The standard InChI is InChI=1S/C17H19NO5/c1-11(2)10-21-14-8-6-5-7-13(14)18-9-12-15(19)22-17(3,4)23-16(12)20/h5-9,18H,1,10H2,2-4H3. The zero-order chi connectivity index (χ0) is 17.0. The predicted molar refractivity (Wildman–Crippen MR) is 84.7 cm³/mol. The fraction of sp³-hybridized carbons (Fsp3) is 0.294. The monoisotopic (exact) mass is 317 g/mol. The van der Waals surface area contributed by atoms with Crippen molar-refractivity contribution in [3.63, 3.8) is 0 Å². The Morgan fingerprint density at radius 3 is 2.48 bits per heavy atom. The normalized spacial score (nSPS) is 16.2. The molecule has 6 nitrogen and oxygen atoms in total. The lowest BCUT2D eigenvalue weighted by Crippen LogP contribution is -2.42. The van der Waals surface area contributed by atoms with Gasteiger partial charge in [-0.2, -0.15) is 0 Å². The average molecular weight is 317 g/mol. The molecule has 0 bridgehead atoms. The van der Waals surface area contributed by atoms with Crippen LogP contribution in [0.2, 0.25) is 0 Å². The molecule has 0 unspecified atom stereocenters. The average Bonchev–Trinajstić information content (AvgIpc) is 2.44.